The average Bonchev–Trinajstić information content (AvgIpc) is 1.90. The van der Waals surface area contributed by atoms with Crippen LogP contribution in [0.2, 0.25) is 0 Å². The monoisotopic (exact) mass is 137 g/mol. The SMILES string of the molecule is O=C(O)c1ccccc1.[CH3]. The second-order valence-corrected chi connectivity index (χ2v) is 1.67. The van der Waals surface area contributed by atoms with Crippen LogP contribution in [-0.2, 0) is 0 Å². The van der Waals surface area contributed by atoms with E-state index in [1.54, 1.807) is 30.3 Å². The lowest BCUT2D eigenvalue weighted by Gasteiger charge is -1.88. The van der Waals surface area contributed by atoms with Crippen LogP contribution in [0.5, 0.6) is 0 Å². The van der Waals surface area contributed by atoms with Crippen LogP contribution in [0.4, 0.5) is 0 Å². The molecular formula is C8H9O2. The second-order valence-electron chi connectivity index (χ2n) is 1.67. The summed E-state index contributed by atoms with van der Waals surface area (Å²) in [6.45, 7) is 0. The number of aromatic carboxylic acids is 1. The lowest BCUT2D eigenvalue weighted by atomic mass is 10.2. The number of benzene rings is 1. The van der Waals surface area contributed by atoms with E-state index >= 15 is 0 Å². The molecule has 0 aliphatic carbocycles. The van der Waals surface area contributed by atoms with Crippen molar-refractivity contribution in [1.82, 2.24) is 0 Å². The topological polar surface area (TPSA) is 37.3 Å². The van der Waals surface area contributed by atoms with Crippen molar-refractivity contribution >= 4 is 5.97 Å². The van der Waals surface area contributed by atoms with E-state index < -0.39 is 5.97 Å². The van der Waals surface area contributed by atoms with Crippen LogP contribution < -0.4 is 0 Å². The molecule has 0 heterocycles. The van der Waals surface area contributed by atoms with Crippen molar-refractivity contribution in [1.29, 1.82) is 0 Å². The highest BCUT2D eigenvalue weighted by Crippen LogP contribution is 1.96. The molecule has 0 fully saturated rings. The van der Waals surface area contributed by atoms with Crippen molar-refractivity contribution < 1.29 is 9.90 Å². The lowest BCUT2D eigenvalue weighted by Crippen LogP contribution is -1.93. The van der Waals surface area contributed by atoms with E-state index in [0.29, 0.717) is 5.56 Å². The van der Waals surface area contributed by atoms with Crippen LogP contribution >= 0.6 is 0 Å². The van der Waals surface area contributed by atoms with Gasteiger partial charge >= 0.3 is 5.97 Å². The third-order valence-electron chi connectivity index (χ3n) is 1.02. The minimum Gasteiger partial charge on any atom is -0.478 e. The molecule has 53 valence electrons. The van der Waals surface area contributed by atoms with Gasteiger partial charge in [0.1, 0.15) is 0 Å². The smallest absolute Gasteiger partial charge is 0.335 e. The first-order valence-electron chi connectivity index (χ1n) is 2.59. The highest BCUT2D eigenvalue weighted by molar-refractivity contribution is 5.87. The molecule has 10 heavy (non-hydrogen) atoms. The number of carbonyl (C=O) groups is 1. The van der Waals surface area contributed by atoms with Crippen LogP contribution in [0.25, 0.3) is 0 Å². The molecular weight excluding hydrogens is 128 g/mol. The largest absolute Gasteiger partial charge is 0.478 e. The molecule has 2 nitrogen and oxygen atoms in total. The average molecular weight is 137 g/mol. The Morgan fingerprint density at radius 2 is 1.70 bits per heavy atom. The van der Waals surface area contributed by atoms with Gasteiger partial charge in [-0.15, -0.1) is 0 Å². The summed E-state index contributed by atoms with van der Waals surface area (Å²) in [7, 11) is 0. The Bertz CT molecular complexity index is 204. The molecule has 1 aromatic rings. The van der Waals surface area contributed by atoms with Gasteiger partial charge in [-0.1, -0.05) is 25.6 Å². The van der Waals surface area contributed by atoms with E-state index in [2.05, 4.69) is 0 Å². The van der Waals surface area contributed by atoms with Gasteiger partial charge in [0.15, 0.2) is 0 Å². The van der Waals surface area contributed by atoms with Crippen LogP contribution in [0.3, 0.4) is 0 Å². The van der Waals surface area contributed by atoms with Crippen molar-refractivity contribution in [3.8, 4) is 0 Å². The van der Waals surface area contributed by atoms with Gasteiger partial charge in [0.25, 0.3) is 0 Å². The van der Waals surface area contributed by atoms with E-state index in [0.717, 1.165) is 0 Å². The molecule has 0 bridgehead atoms. The van der Waals surface area contributed by atoms with Gasteiger partial charge in [0.2, 0.25) is 0 Å². The molecule has 0 saturated carbocycles. The molecule has 0 aliphatic rings. The second kappa shape index (κ2) is 3.67. The molecule has 0 atom stereocenters. The first-order valence-corrected chi connectivity index (χ1v) is 2.59. The van der Waals surface area contributed by atoms with Crippen LogP contribution in [-0.4, -0.2) is 11.1 Å². The molecule has 0 amide bonds. The Labute approximate surface area is 60.1 Å². The Hall–Kier alpha value is -1.31. The van der Waals surface area contributed by atoms with Crippen LogP contribution in [0, 0.1) is 7.43 Å². The molecule has 0 saturated heterocycles. The molecule has 0 spiro atoms. The normalized spacial score (nSPS) is 8.00. The van der Waals surface area contributed by atoms with Gasteiger partial charge in [0.05, 0.1) is 5.56 Å². The van der Waals surface area contributed by atoms with Gasteiger partial charge < -0.3 is 5.11 Å². The summed E-state index contributed by atoms with van der Waals surface area (Å²) in [5.41, 5.74) is 0.331. The fraction of sp³-hybridized carbons (Fsp3) is 0. The van der Waals surface area contributed by atoms with Gasteiger partial charge in [-0.3, -0.25) is 0 Å². The van der Waals surface area contributed by atoms with E-state index in [9.17, 15) is 4.79 Å². The summed E-state index contributed by atoms with van der Waals surface area (Å²) in [6.07, 6.45) is 0. The molecule has 0 aromatic heterocycles. The number of carboxylic acid groups (broad SMARTS) is 1. The number of hydrogen-bond acceptors (Lipinski definition) is 1. The zero-order chi connectivity index (χ0) is 6.69. The first kappa shape index (κ1) is 8.69. The first-order chi connectivity index (χ1) is 4.30. The summed E-state index contributed by atoms with van der Waals surface area (Å²) < 4.78 is 0. The van der Waals surface area contributed by atoms with Gasteiger partial charge in [-0.25, -0.2) is 4.79 Å². The summed E-state index contributed by atoms with van der Waals surface area (Å²) in [4.78, 5) is 10.2. The molecule has 2 heteroatoms. The predicted octanol–water partition coefficient (Wildman–Crippen LogP) is 1.84. The summed E-state index contributed by atoms with van der Waals surface area (Å²) in [5, 5.41) is 8.38. The van der Waals surface area contributed by atoms with Gasteiger partial charge in [-0.2, -0.15) is 0 Å². The van der Waals surface area contributed by atoms with Crippen molar-refractivity contribution in [3.63, 3.8) is 0 Å². The Kier molecular flexibility index (Phi) is 3.19. The Balaban J connectivity index is 0.000000810. The third-order valence-corrected chi connectivity index (χ3v) is 1.02. The third kappa shape index (κ3) is 1.90. The Morgan fingerprint density at radius 1 is 1.20 bits per heavy atom. The zero-order valence-corrected chi connectivity index (χ0v) is 5.74. The van der Waals surface area contributed by atoms with Crippen molar-refractivity contribution in [3.05, 3.63) is 43.3 Å². The standard InChI is InChI=1S/C7H6O2.CH3/c8-7(9)6-4-2-1-3-5-6;/h1-5H,(H,8,9);1H3. The lowest BCUT2D eigenvalue weighted by molar-refractivity contribution is 0.0697. The molecule has 1 radical (unpaired) electrons. The van der Waals surface area contributed by atoms with Crippen LogP contribution in [0.15, 0.2) is 30.3 Å². The zero-order valence-electron chi connectivity index (χ0n) is 5.74. The van der Waals surface area contributed by atoms with E-state index in [1.807, 2.05) is 0 Å². The van der Waals surface area contributed by atoms with Crippen molar-refractivity contribution in [2.45, 2.75) is 0 Å². The summed E-state index contributed by atoms with van der Waals surface area (Å²) >= 11 is 0. The minimum atomic E-state index is -0.879. The fourth-order valence-electron chi connectivity index (χ4n) is 0.581. The van der Waals surface area contributed by atoms with Gasteiger partial charge in [0, 0.05) is 0 Å². The maximum Gasteiger partial charge on any atom is 0.335 e. The molecule has 0 unspecified atom stereocenters. The maximum atomic E-state index is 10.2. The number of carboxylic acids is 1. The fourth-order valence-corrected chi connectivity index (χ4v) is 0.581. The van der Waals surface area contributed by atoms with Crippen LogP contribution in [0.1, 0.15) is 10.4 Å². The molecule has 1 aromatic carbocycles. The molecule has 1 N–H and O–H groups in total. The predicted molar refractivity (Wildman–Crippen MR) is 39.8 cm³/mol. The van der Waals surface area contributed by atoms with Crippen molar-refractivity contribution in [2.75, 3.05) is 0 Å². The number of hydrogen-bond donors (Lipinski definition) is 1. The van der Waals surface area contributed by atoms with Crippen molar-refractivity contribution in [2.24, 2.45) is 0 Å². The Morgan fingerprint density at radius 3 is 2.00 bits per heavy atom. The highest BCUT2D eigenvalue weighted by Gasteiger charge is 1.96. The van der Waals surface area contributed by atoms with E-state index in [-0.39, 0.29) is 7.43 Å². The van der Waals surface area contributed by atoms with Gasteiger partial charge in [-0.05, 0) is 12.1 Å². The van der Waals surface area contributed by atoms with E-state index in [1.165, 1.54) is 0 Å². The quantitative estimate of drug-likeness (QED) is 0.641. The highest BCUT2D eigenvalue weighted by atomic mass is 16.4. The molecule has 0 aliphatic heterocycles. The summed E-state index contributed by atoms with van der Waals surface area (Å²) in [5.74, 6) is -0.879. The molecule has 1 rings (SSSR count). The maximum absolute atomic E-state index is 10.2. The van der Waals surface area contributed by atoms with E-state index in [4.69, 9.17) is 5.11 Å². The minimum absolute atomic E-state index is 0. The summed E-state index contributed by atoms with van der Waals surface area (Å²) in [6, 6.07) is 8.30. The number of rotatable bonds is 1.